The zero-order valence-corrected chi connectivity index (χ0v) is 14.2. The number of nitrogens with zero attached hydrogens (tertiary/aromatic N) is 2. The molecule has 0 spiro atoms. The number of anilines is 1. The maximum absolute atomic E-state index is 13.0. The highest BCUT2D eigenvalue weighted by molar-refractivity contribution is 7.89. The second-order valence-corrected chi connectivity index (χ2v) is 8.13. The van der Waals surface area contributed by atoms with Crippen molar-refractivity contribution >= 4 is 15.7 Å². The van der Waals surface area contributed by atoms with Crippen molar-refractivity contribution in [2.75, 3.05) is 32.9 Å². The second-order valence-electron chi connectivity index (χ2n) is 6.26. The minimum atomic E-state index is -3.54. The molecule has 21 heavy (non-hydrogen) atoms. The van der Waals surface area contributed by atoms with E-state index in [1.807, 2.05) is 34.0 Å². The maximum Gasteiger partial charge on any atom is 0.245 e. The van der Waals surface area contributed by atoms with Crippen molar-refractivity contribution in [3.63, 3.8) is 0 Å². The molecule has 0 amide bonds. The number of rotatable bonds is 3. The third kappa shape index (κ3) is 2.80. The highest BCUT2D eigenvalue weighted by Gasteiger charge is 2.39. The predicted octanol–water partition coefficient (Wildman–Crippen LogP) is 1.46. The summed E-state index contributed by atoms with van der Waals surface area (Å²) in [6, 6.07) is 3.78. The molecule has 2 N–H and O–H groups in total. The van der Waals surface area contributed by atoms with Crippen molar-refractivity contribution in [3.05, 3.63) is 23.3 Å². The van der Waals surface area contributed by atoms with Gasteiger partial charge in [-0.25, -0.2) is 8.42 Å². The van der Waals surface area contributed by atoms with E-state index >= 15 is 0 Å². The van der Waals surface area contributed by atoms with E-state index in [0.29, 0.717) is 24.7 Å². The van der Waals surface area contributed by atoms with Crippen LogP contribution in [0.1, 0.15) is 18.1 Å². The number of nitrogen functional groups attached to an aromatic ring is 1. The third-order valence-corrected chi connectivity index (χ3v) is 6.54. The van der Waals surface area contributed by atoms with Gasteiger partial charge in [0.1, 0.15) is 4.90 Å². The van der Waals surface area contributed by atoms with Crippen LogP contribution >= 0.6 is 0 Å². The standard InChI is InChI=1S/C15H25N3O2S/c1-10-6-7-13(16)15(12(10)3)21(19,20)18-8-11(2)14(9-18)17(4)5/h6-7,11,14H,8-9,16H2,1-5H3. The lowest BCUT2D eigenvalue weighted by atomic mass is 10.1. The number of hydrogen-bond acceptors (Lipinski definition) is 4. The molecular formula is C15H25N3O2S. The minimum absolute atomic E-state index is 0.242. The molecule has 0 bridgehead atoms. The Bertz CT molecular complexity index is 641. The molecule has 2 rings (SSSR count). The monoisotopic (exact) mass is 311 g/mol. The second kappa shape index (κ2) is 5.59. The Morgan fingerprint density at radius 2 is 1.86 bits per heavy atom. The molecule has 1 fully saturated rings. The average molecular weight is 311 g/mol. The Labute approximate surface area is 127 Å². The molecule has 0 radical (unpaired) electrons. The fourth-order valence-electron chi connectivity index (χ4n) is 3.06. The number of aryl methyl sites for hydroxylation is 1. The van der Waals surface area contributed by atoms with Gasteiger partial charge in [-0.05, 0) is 51.1 Å². The first kappa shape index (κ1) is 16.3. The average Bonchev–Trinajstić information content (AvgIpc) is 2.77. The van der Waals surface area contributed by atoms with Gasteiger partial charge in [-0.15, -0.1) is 0 Å². The quantitative estimate of drug-likeness (QED) is 0.858. The number of benzene rings is 1. The van der Waals surface area contributed by atoms with Crippen LogP contribution < -0.4 is 5.73 Å². The topological polar surface area (TPSA) is 66.6 Å². The molecule has 1 aliphatic heterocycles. The summed E-state index contributed by atoms with van der Waals surface area (Å²) in [6.45, 7) is 6.87. The molecule has 0 aromatic heterocycles. The van der Waals surface area contributed by atoms with E-state index in [0.717, 1.165) is 11.1 Å². The van der Waals surface area contributed by atoms with Crippen molar-refractivity contribution in [1.29, 1.82) is 0 Å². The van der Waals surface area contributed by atoms with Crippen molar-refractivity contribution in [2.24, 2.45) is 5.92 Å². The van der Waals surface area contributed by atoms with Gasteiger partial charge in [0.15, 0.2) is 0 Å². The summed E-state index contributed by atoms with van der Waals surface area (Å²) < 4.78 is 27.5. The third-order valence-electron chi connectivity index (χ3n) is 4.51. The summed E-state index contributed by atoms with van der Waals surface area (Å²) in [7, 11) is 0.439. The summed E-state index contributed by atoms with van der Waals surface area (Å²) in [5.74, 6) is 0.307. The van der Waals surface area contributed by atoms with Crippen molar-refractivity contribution in [3.8, 4) is 0 Å². The molecule has 1 aromatic rings. The Kier molecular flexibility index (Phi) is 4.33. The lowest BCUT2D eigenvalue weighted by Crippen LogP contribution is -2.36. The van der Waals surface area contributed by atoms with E-state index < -0.39 is 10.0 Å². The fourth-order valence-corrected chi connectivity index (χ4v) is 5.01. The number of sulfonamides is 1. The summed E-state index contributed by atoms with van der Waals surface area (Å²) in [5.41, 5.74) is 7.98. The number of nitrogens with two attached hydrogens (primary N) is 1. The number of hydrogen-bond donors (Lipinski definition) is 1. The predicted molar refractivity (Wildman–Crippen MR) is 85.7 cm³/mol. The largest absolute Gasteiger partial charge is 0.398 e. The molecule has 5 nitrogen and oxygen atoms in total. The molecule has 118 valence electrons. The zero-order valence-electron chi connectivity index (χ0n) is 13.4. The SMILES string of the molecule is Cc1ccc(N)c(S(=O)(=O)N2CC(C)C(N(C)C)C2)c1C. The lowest BCUT2D eigenvalue weighted by molar-refractivity contribution is 0.263. The molecule has 0 saturated carbocycles. The first-order chi connectivity index (χ1) is 9.66. The van der Waals surface area contributed by atoms with Crippen molar-refractivity contribution < 1.29 is 8.42 Å². The van der Waals surface area contributed by atoms with Gasteiger partial charge >= 0.3 is 0 Å². The van der Waals surface area contributed by atoms with E-state index in [-0.39, 0.29) is 10.9 Å². The van der Waals surface area contributed by atoms with Crippen LogP contribution in [0.15, 0.2) is 17.0 Å². The van der Waals surface area contributed by atoms with Gasteiger partial charge in [-0.2, -0.15) is 4.31 Å². The van der Waals surface area contributed by atoms with Gasteiger partial charge in [0.2, 0.25) is 10.0 Å². The lowest BCUT2D eigenvalue weighted by Gasteiger charge is -2.23. The Balaban J connectivity index is 2.43. The molecule has 1 saturated heterocycles. The van der Waals surface area contributed by atoms with Gasteiger partial charge in [0.05, 0.1) is 5.69 Å². The van der Waals surface area contributed by atoms with E-state index in [9.17, 15) is 8.42 Å². The highest BCUT2D eigenvalue weighted by atomic mass is 32.2. The molecular weight excluding hydrogens is 286 g/mol. The van der Waals surface area contributed by atoms with Crippen LogP contribution in [0, 0.1) is 19.8 Å². The van der Waals surface area contributed by atoms with Crippen LogP contribution in [0.3, 0.4) is 0 Å². The minimum Gasteiger partial charge on any atom is -0.398 e. The van der Waals surface area contributed by atoms with E-state index in [2.05, 4.69) is 11.8 Å². The van der Waals surface area contributed by atoms with Crippen LogP contribution in [0.25, 0.3) is 0 Å². The molecule has 2 unspecified atom stereocenters. The summed E-state index contributed by atoms with van der Waals surface area (Å²) in [4.78, 5) is 2.36. The van der Waals surface area contributed by atoms with Crippen molar-refractivity contribution in [2.45, 2.75) is 31.7 Å². The molecule has 1 aromatic carbocycles. The molecule has 0 aliphatic carbocycles. The Morgan fingerprint density at radius 3 is 2.38 bits per heavy atom. The Morgan fingerprint density at radius 1 is 1.24 bits per heavy atom. The summed E-state index contributed by atoms with van der Waals surface area (Å²) >= 11 is 0. The molecule has 1 aliphatic rings. The fraction of sp³-hybridized carbons (Fsp3) is 0.600. The van der Waals surface area contributed by atoms with Crippen LogP contribution in [-0.4, -0.2) is 50.8 Å². The highest BCUT2D eigenvalue weighted by Crippen LogP contribution is 2.32. The van der Waals surface area contributed by atoms with Gasteiger partial charge in [0.25, 0.3) is 0 Å². The normalized spacial score (nSPS) is 23.9. The summed E-state index contributed by atoms with van der Waals surface area (Å²) in [6.07, 6.45) is 0. The van der Waals surface area contributed by atoms with Crippen molar-refractivity contribution in [1.82, 2.24) is 9.21 Å². The first-order valence-corrected chi connectivity index (χ1v) is 8.62. The smallest absolute Gasteiger partial charge is 0.245 e. The van der Waals surface area contributed by atoms with E-state index in [1.54, 1.807) is 10.4 Å². The zero-order chi connectivity index (χ0) is 15.9. The summed E-state index contributed by atoms with van der Waals surface area (Å²) in [5, 5.41) is 0. The van der Waals surface area contributed by atoms with E-state index in [4.69, 9.17) is 5.73 Å². The van der Waals surface area contributed by atoms with Crippen LogP contribution in [-0.2, 0) is 10.0 Å². The van der Waals surface area contributed by atoms with Crippen LogP contribution in [0.2, 0.25) is 0 Å². The van der Waals surface area contributed by atoms with Gasteiger partial charge in [0, 0.05) is 19.1 Å². The molecule has 2 atom stereocenters. The van der Waals surface area contributed by atoms with E-state index in [1.165, 1.54) is 0 Å². The van der Waals surface area contributed by atoms with Gasteiger partial charge in [-0.3, -0.25) is 0 Å². The van der Waals surface area contributed by atoms with Crippen LogP contribution in [0.4, 0.5) is 5.69 Å². The first-order valence-electron chi connectivity index (χ1n) is 7.18. The number of likely N-dealkylation sites (N-methyl/N-ethyl adjacent to an activating group) is 1. The maximum atomic E-state index is 13.0. The van der Waals surface area contributed by atoms with Gasteiger partial charge < -0.3 is 10.6 Å². The molecule has 1 heterocycles. The van der Waals surface area contributed by atoms with Crippen LogP contribution in [0.5, 0.6) is 0 Å². The van der Waals surface area contributed by atoms with Gasteiger partial charge in [-0.1, -0.05) is 13.0 Å². The molecule has 6 heteroatoms. The Hall–Kier alpha value is -1.11.